The molecule has 0 unspecified atom stereocenters. The third-order valence-corrected chi connectivity index (χ3v) is 11.4. The van der Waals surface area contributed by atoms with Crippen LogP contribution in [0.3, 0.4) is 0 Å². The molecule has 1 nitrogen and oxygen atoms in total. The predicted molar refractivity (Wildman–Crippen MR) is 163 cm³/mol. The first-order chi connectivity index (χ1) is 18.3. The van der Waals surface area contributed by atoms with E-state index in [1.54, 1.807) is 0 Å². The van der Waals surface area contributed by atoms with Crippen LogP contribution < -0.4 is 20.7 Å². The first-order valence-electron chi connectivity index (χ1n) is 13.7. The molecule has 190 valence electrons. The summed E-state index contributed by atoms with van der Waals surface area (Å²) in [7, 11) is -1.88. The van der Waals surface area contributed by atoms with E-state index in [0.717, 1.165) is 31.4 Å². The normalized spacial score (nSPS) is 11.2. The number of hydrogen-bond donors (Lipinski definition) is 0. The van der Waals surface area contributed by atoms with Gasteiger partial charge in [-0.1, -0.05) is 98.5 Å². The maximum Gasteiger partial charge on any atom is 0.119 e. The van der Waals surface area contributed by atoms with E-state index in [4.69, 9.17) is 4.74 Å². The Morgan fingerprint density at radius 3 is 1.49 bits per heavy atom. The van der Waals surface area contributed by atoms with E-state index in [-0.39, 0.29) is 0 Å². The zero-order valence-corrected chi connectivity index (χ0v) is 22.9. The second-order valence-corrected chi connectivity index (χ2v) is 13.2. The molecule has 0 amide bonds. The van der Waals surface area contributed by atoms with Crippen molar-refractivity contribution in [1.82, 2.24) is 0 Å². The standard InChI is InChI=1S/C35H40OP/c1-2-3-4-5-6-7-8-18-29-36-32-27-25-31(26-28-32)30-37(33-19-12-9-13-20-33,34-21-14-10-15-22-34)35-23-16-11-17-24-35/h2,9-17,19-28H,1,3-8,18,29-30H2/q+1. The van der Waals surface area contributed by atoms with E-state index >= 15 is 0 Å². The third kappa shape index (κ3) is 7.43. The van der Waals surface area contributed by atoms with Crippen LogP contribution in [0.1, 0.15) is 50.5 Å². The van der Waals surface area contributed by atoms with Crippen LogP contribution in [0, 0.1) is 0 Å². The Hall–Kier alpha value is -3.15. The lowest BCUT2D eigenvalue weighted by atomic mass is 10.1. The van der Waals surface area contributed by atoms with Crippen LogP contribution in [0.25, 0.3) is 0 Å². The molecule has 0 spiro atoms. The van der Waals surface area contributed by atoms with E-state index in [9.17, 15) is 0 Å². The van der Waals surface area contributed by atoms with Crippen LogP contribution in [0.2, 0.25) is 0 Å². The van der Waals surface area contributed by atoms with Gasteiger partial charge in [-0.2, -0.15) is 0 Å². The molecule has 4 aromatic rings. The van der Waals surface area contributed by atoms with Gasteiger partial charge in [0.2, 0.25) is 0 Å². The molecule has 4 aromatic carbocycles. The van der Waals surface area contributed by atoms with Gasteiger partial charge in [0.05, 0.1) is 12.8 Å². The minimum atomic E-state index is -1.88. The van der Waals surface area contributed by atoms with E-state index in [0.29, 0.717) is 0 Å². The molecule has 2 heteroatoms. The van der Waals surface area contributed by atoms with Gasteiger partial charge in [-0.15, -0.1) is 6.58 Å². The Kier molecular flexibility index (Phi) is 10.6. The zero-order valence-electron chi connectivity index (χ0n) is 22.0. The summed E-state index contributed by atoms with van der Waals surface area (Å²) in [5.74, 6) is 0.970. The molecule has 0 bridgehead atoms. The van der Waals surface area contributed by atoms with Gasteiger partial charge in [-0.3, -0.25) is 0 Å². The fourth-order valence-electron chi connectivity index (χ4n) is 5.02. The van der Waals surface area contributed by atoms with Crippen LogP contribution >= 0.6 is 7.26 Å². The average Bonchev–Trinajstić information content (AvgIpc) is 2.97. The molecule has 0 saturated heterocycles. The Morgan fingerprint density at radius 1 is 0.541 bits per heavy atom. The van der Waals surface area contributed by atoms with Crippen LogP contribution in [0.4, 0.5) is 0 Å². The van der Waals surface area contributed by atoms with Gasteiger partial charge in [0.1, 0.15) is 28.9 Å². The molecule has 0 atom stereocenters. The quantitative estimate of drug-likeness (QED) is 0.0891. The highest BCUT2D eigenvalue weighted by Gasteiger charge is 2.45. The number of hydrogen-bond acceptors (Lipinski definition) is 1. The summed E-state index contributed by atoms with van der Waals surface area (Å²) in [5, 5.41) is 4.24. The molecule has 0 aliphatic heterocycles. The molecular formula is C35H40OP+. The summed E-state index contributed by atoms with van der Waals surface area (Å²) < 4.78 is 6.09. The minimum absolute atomic E-state index is 0.793. The van der Waals surface area contributed by atoms with Crippen molar-refractivity contribution < 1.29 is 4.74 Å². The number of ether oxygens (including phenoxy) is 1. The van der Waals surface area contributed by atoms with Gasteiger partial charge in [-0.05, 0) is 73.4 Å². The van der Waals surface area contributed by atoms with Gasteiger partial charge >= 0.3 is 0 Å². The van der Waals surface area contributed by atoms with Crippen LogP contribution in [-0.4, -0.2) is 6.61 Å². The lowest BCUT2D eigenvalue weighted by molar-refractivity contribution is 0.304. The molecular weight excluding hydrogens is 467 g/mol. The molecule has 0 radical (unpaired) electrons. The van der Waals surface area contributed by atoms with Gasteiger partial charge in [-0.25, -0.2) is 0 Å². The topological polar surface area (TPSA) is 9.23 Å². The predicted octanol–water partition coefficient (Wildman–Crippen LogP) is 8.48. The highest BCUT2D eigenvalue weighted by molar-refractivity contribution is 7.95. The first-order valence-corrected chi connectivity index (χ1v) is 15.7. The summed E-state index contributed by atoms with van der Waals surface area (Å²) in [6.07, 6.45) is 11.7. The van der Waals surface area contributed by atoms with Crippen molar-refractivity contribution in [2.24, 2.45) is 0 Å². The SMILES string of the molecule is C=CCCCCCCCCOc1ccc(C[P+](c2ccccc2)(c2ccccc2)c2ccccc2)cc1. The lowest BCUT2D eigenvalue weighted by Crippen LogP contribution is -2.32. The Morgan fingerprint density at radius 2 is 1.00 bits per heavy atom. The Bertz CT molecular complexity index is 1070. The summed E-state index contributed by atoms with van der Waals surface area (Å²) in [6.45, 7) is 4.59. The molecule has 0 aromatic heterocycles. The summed E-state index contributed by atoms with van der Waals surface area (Å²) in [5.41, 5.74) is 1.34. The second kappa shape index (κ2) is 14.6. The van der Waals surface area contributed by atoms with Crippen LogP contribution in [0.5, 0.6) is 5.75 Å². The maximum absolute atomic E-state index is 6.09. The van der Waals surface area contributed by atoms with Crippen molar-refractivity contribution in [2.75, 3.05) is 6.61 Å². The van der Waals surface area contributed by atoms with Gasteiger partial charge in [0, 0.05) is 0 Å². The molecule has 0 N–H and O–H groups in total. The zero-order chi connectivity index (χ0) is 25.6. The van der Waals surface area contributed by atoms with E-state index < -0.39 is 7.26 Å². The number of unbranched alkanes of at least 4 members (excludes halogenated alkanes) is 6. The van der Waals surface area contributed by atoms with Crippen molar-refractivity contribution in [3.05, 3.63) is 133 Å². The van der Waals surface area contributed by atoms with E-state index in [2.05, 4.69) is 122 Å². The Labute approximate surface area is 224 Å². The number of benzene rings is 4. The molecule has 0 saturated carbocycles. The van der Waals surface area contributed by atoms with E-state index in [1.165, 1.54) is 53.6 Å². The summed E-state index contributed by atoms with van der Waals surface area (Å²) >= 11 is 0. The maximum atomic E-state index is 6.09. The number of allylic oxidation sites excluding steroid dienone is 1. The van der Waals surface area contributed by atoms with Crippen molar-refractivity contribution in [3.8, 4) is 5.75 Å². The molecule has 0 fully saturated rings. The highest BCUT2D eigenvalue weighted by atomic mass is 31.2. The highest BCUT2D eigenvalue weighted by Crippen LogP contribution is 2.58. The van der Waals surface area contributed by atoms with Crippen LogP contribution in [0.15, 0.2) is 128 Å². The fourth-order valence-corrected chi connectivity index (χ4v) is 9.27. The monoisotopic (exact) mass is 507 g/mol. The van der Waals surface area contributed by atoms with Crippen molar-refractivity contribution in [3.63, 3.8) is 0 Å². The molecule has 0 aliphatic rings. The molecule has 37 heavy (non-hydrogen) atoms. The number of rotatable bonds is 15. The smallest absolute Gasteiger partial charge is 0.119 e. The molecule has 0 aliphatic carbocycles. The van der Waals surface area contributed by atoms with Crippen molar-refractivity contribution >= 4 is 23.2 Å². The lowest BCUT2D eigenvalue weighted by Gasteiger charge is -2.28. The minimum Gasteiger partial charge on any atom is -0.494 e. The van der Waals surface area contributed by atoms with Crippen LogP contribution in [-0.2, 0) is 6.16 Å². The van der Waals surface area contributed by atoms with Gasteiger partial charge in [0.15, 0.2) is 0 Å². The largest absolute Gasteiger partial charge is 0.494 e. The fraction of sp³-hybridized carbons (Fsp3) is 0.257. The van der Waals surface area contributed by atoms with Crippen molar-refractivity contribution in [1.29, 1.82) is 0 Å². The first kappa shape index (κ1) is 26.9. The summed E-state index contributed by atoms with van der Waals surface area (Å²) in [4.78, 5) is 0. The second-order valence-electron chi connectivity index (χ2n) is 9.67. The Balaban J connectivity index is 1.47. The van der Waals surface area contributed by atoms with Crippen molar-refractivity contribution in [2.45, 2.75) is 51.1 Å². The molecule has 4 rings (SSSR count). The van der Waals surface area contributed by atoms with Gasteiger partial charge in [0.25, 0.3) is 0 Å². The third-order valence-electron chi connectivity index (χ3n) is 7.01. The summed E-state index contributed by atoms with van der Waals surface area (Å²) in [6, 6.07) is 42.1. The van der Waals surface area contributed by atoms with E-state index in [1.807, 2.05) is 6.08 Å². The average molecular weight is 508 g/mol. The van der Waals surface area contributed by atoms with Gasteiger partial charge < -0.3 is 4.74 Å². The molecule has 0 heterocycles.